The third kappa shape index (κ3) is 3.73. The number of nitrogens with zero attached hydrogens (tertiary/aromatic N) is 2. The fraction of sp³-hybridized carbons (Fsp3) is 0.125. The zero-order valence-electron chi connectivity index (χ0n) is 12.0. The molecule has 5 nitrogen and oxygen atoms in total. The highest BCUT2D eigenvalue weighted by Crippen LogP contribution is 2.22. The van der Waals surface area contributed by atoms with Crippen LogP contribution in [0.2, 0.25) is 0 Å². The highest BCUT2D eigenvalue weighted by molar-refractivity contribution is 7.15. The van der Waals surface area contributed by atoms with Gasteiger partial charge in [0.25, 0.3) is 0 Å². The molecule has 0 saturated heterocycles. The number of methoxy groups -OCH3 is 1. The first kappa shape index (κ1) is 14.3. The van der Waals surface area contributed by atoms with Gasteiger partial charge in [0.1, 0.15) is 18.1 Å². The Morgan fingerprint density at radius 2 is 1.68 bits per heavy atom. The summed E-state index contributed by atoms with van der Waals surface area (Å²) in [5.41, 5.74) is 0.987. The lowest BCUT2D eigenvalue weighted by Gasteiger charge is -2.04. The second-order valence-corrected chi connectivity index (χ2v) is 5.52. The van der Waals surface area contributed by atoms with Gasteiger partial charge in [0.2, 0.25) is 5.13 Å². The van der Waals surface area contributed by atoms with E-state index in [4.69, 9.17) is 9.47 Å². The zero-order valence-corrected chi connectivity index (χ0v) is 12.8. The third-order valence-corrected chi connectivity index (χ3v) is 3.73. The number of benzene rings is 2. The van der Waals surface area contributed by atoms with E-state index in [0.717, 1.165) is 27.3 Å². The molecule has 0 spiro atoms. The molecule has 0 bridgehead atoms. The maximum atomic E-state index is 5.68. The zero-order chi connectivity index (χ0) is 15.2. The summed E-state index contributed by atoms with van der Waals surface area (Å²) in [5.74, 6) is 1.58. The molecule has 2 aromatic carbocycles. The van der Waals surface area contributed by atoms with E-state index < -0.39 is 0 Å². The van der Waals surface area contributed by atoms with E-state index >= 15 is 0 Å². The van der Waals surface area contributed by atoms with Gasteiger partial charge < -0.3 is 14.8 Å². The summed E-state index contributed by atoms with van der Waals surface area (Å²) in [7, 11) is 1.64. The van der Waals surface area contributed by atoms with Crippen LogP contribution >= 0.6 is 11.3 Å². The van der Waals surface area contributed by atoms with E-state index in [9.17, 15) is 0 Å². The minimum Gasteiger partial charge on any atom is -0.497 e. The van der Waals surface area contributed by atoms with Crippen molar-refractivity contribution < 1.29 is 9.47 Å². The summed E-state index contributed by atoms with van der Waals surface area (Å²) < 4.78 is 10.8. The topological polar surface area (TPSA) is 56.3 Å². The second-order valence-electron chi connectivity index (χ2n) is 4.46. The number of hydrogen-bond donors (Lipinski definition) is 1. The van der Waals surface area contributed by atoms with Crippen molar-refractivity contribution in [1.29, 1.82) is 0 Å². The Hall–Kier alpha value is -2.60. The molecule has 0 aliphatic carbocycles. The molecular formula is C16H15N3O2S. The fourth-order valence-corrected chi connectivity index (χ4v) is 2.50. The Balaban J connectivity index is 1.57. The maximum Gasteiger partial charge on any atom is 0.210 e. The van der Waals surface area contributed by atoms with Crippen LogP contribution in [0.15, 0.2) is 54.6 Å². The fourth-order valence-electron chi connectivity index (χ4n) is 1.82. The predicted octanol–water partition coefficient (Wildman–Crippen LogP) is 3.87. The van der Waals surface area contributed by atoms with Crippen molar-refractivity contribution in [3.8, 4) is 11.5 Å². The highest BCUT2D eigenvalue weighted by Gasteiger charge is 2.05. The van der Waals surface area contributed by atoms with Crippen molar-refractivity contribution in [3.05, 3.63) is 59.6 Å². The van der Waals surface area contributed by atoms with Crippen molar-refractivity contribution in [1.82, 2.24) is 10.2 Å². The number of para-hydroxylation sites is 1. The van der Waals surface area contributed by atoms with Crippen LogP contribution in [0.1, 0.15) is 5.01 Å². The molecule has 3 aromatic rings. The van der Waals surface area contributed by atoms with Crippen molar-refractivity contribution in [2.75, 3.05) is 12.4 Å². The molecule has 0 atom stereocenters. The number of ether oxygens (including phenoxy) is 2. The van der Waals surface area contributed by atoms with Gasteiger partial charge >= 0.3 is 0 Å². The van der Waals surface area contributed by atoms with Crippen LogP contribution in [-0.2, 0) is 6.61 Å². The van der Waals surface area contributed by atoms with Gasteiger partial charge in [-0.05, 0) is 36.4 Å². The van der Waals surface area contributed by atoms with Crippen LogP contribution in [0.25, 0.3) is 0 Å². The molecule has 0 aliphatic rings. The minimum atomic E-state index is 0.389. The molecule has 1 aromatic heterocycles. The van der Waals surface area contributed by atoms with Gasteiger partial charge in [-0.2, -0.15) is 0 Å². The Morgan fingerprint density at radius 1 is 0.955 bits per heavy atom. The lowest BCUT2D eigenvalue weighted by atomic mass is 10.3. The van der Waals surface area contributed by atoms with Crippen molar-refractivity contribution in [2.24, 2.45) is 0 Å². The van der Waals surface area contributed by atoms with Crippen LogP contribution in [-0.4, -0.2) is 17.3 Å². The molecule has 112 valence electrons. The summed E-state index contributed by atoms with van der Waals surface area (Å²) in [6, 6.07) is 17.3. The normalized spacial score (nSPS) is 10.2. The predicted molar refractivity (Wildman–Crippen MR) is 87.0 cm³/mol. The number of rotatable bonds is 6. The van der Waals surface area contributed by atoms with Gasteiger partial charge in [0.05, 0.1) is 7.11 Å². The van der Waals surface area contributed by atoms with Crippen molar-refractivity contribution >= 4 is 22.2 Å². The Morgan fingerprint density at radius 3 is 2.41 bits per heavy atom. The van der Waals surface area contributed by atoms with Crippen molar-refractivity contribution in [2.45, 2.75) is 6.61 Å². The lowest BCUT2D eigenvalue weighted by molar-refractivity contribution is 0.304. The monoisotopic (exact) mass is 313 g/mol. The number of hydrogen-bond acceptors (Lipinski definition) is 6. The van der Waals surface area contributed by atoms with E-state index in [1.807, 2.05) is 54.6 Å². The lowest BCUT2D eigenvalue weighted by Crippen LogP contribution is -1.94. The molecule has 3 rings (SSSR count). The first-order valence-corrected chi connectivity index (χ1v) is 7.56. The van der Waals surface area contributed by atoms with Gasteiger partial charge in [-0.15, -0.1) is 10.2 Å². The summed E-state index contributed by atoms with van der Waals surface area (Å²) in [6.07, 6.45) is 0. The summed E-state index contributed by atoms with van der Waals surface area (Å²) in [6.45, 7) is 0.389. The molecule has 0 aliphatic heterocycles. The molecular weight excluding hydrogens is 298 g/mol. The summed E-state index contributed by atoms with van der Waals surface area (Å²) in [4.78, 5) is 0. The molecule has 6 heteroatoms. The van der Waals surface area contributed by atoms with Gasteiger partial charge in [-0.1, -0.05) is 29.5 Å². The Kier molecular flexibility index (Phi) is 4.50. The number of nitrogens with one attached hydrogen (secondary N) is 1. The quantitative estimate of drug-likeness (QED) is 0.748. The van der Waals surface area contributed by atoms with E-state index in [1.54, 1.807) is 7.11 Å². The third-order valence-electron chi connectivity index (χ3n) is 2.91. The molecule has 1 N–H and O–H groups in total. The Bertz CT molecular complexity index is 714. The number of anilines is 2. The first-order chi connectivity index (χ1) is 10.8. The van der Waals surface area contributed by atoms with Gasteiger partial charge in [0.15, 0.2) is 5.01 Å². The summed E-state index contributed by atoms with van der Waals surface area (Å²) >= 11 is 1.47. The average Bonchev–Trinajstić information content (AvgIpc) is 3.02. The van der Waals surface area contributed by atoms with E-state index in [1.165, 1.54) is 11.3 Å². The Labute approximate surface area is 132 Å². The van der Waals surface area contributed by atoms with Crippen LogP contribution in [0.3, 0.4) is 0 Å². The molecule has 0 unspecified atom stereocenters. The molecule has 0 saturated carbocycles. The standard InChI is InChI=1S/C16H15N3O2S/c1-20-13-7-9-14(10-8-13)21-11-15-18-19-16(22-15)17-12-5-3-2-4-6-12/h2-10H,11H2,1H3,(H,17,19). The molecule has 22 heavy (non-hydrogen) atoms. The highest BCUT2D eigenvalue weighted by atomic mass is 32.1. The minimum absolute atomic E-state index is 0.389. The van der Waals surface area contributed by atoms with Gasteiger partial charge in [0, 0.05) is 5.69 Å². The van der Waals surface area contributed by atoms with Crippen LogP contribution < -0.4 is 14.8 Å². The van der Waals surface area contributed by atoms with Gasteiger partial charge in [-0.25, -0.2) is 0 Å². The summed E-state index contributed by atoms with van der Waals surface area (Å²) in [5, 5.41) is 13.0. The van der Waals surface area contributed by atoms with Crippen LogP contribution in [0.5, 0.6) is 11.5 Å². The average molecular weight is 313 g/mol. The van der Waals surface area contributed by atoms with Crippen molar-refractivity contribution in [3.63, 3.8) is 0 Å². The second kappa shape index (κ2) is 6.91. The van der Waals surface area contributed by atoms with Gasteiger partial charge in [-0.3, -0.25) is 0 Å². The molecule has 0 radical (unpaired) electrons. The van der Waals surface area contributed by atoms with E-state index in [2.05, 4.69) is 15.5 Å². The SMILES string of the molecule is COc1ccc(OCc2nnc(Nc3ccccc3)s2)cc1. The first-order valence-electron chi connectivity index (χ1n) is 6.75. The smallest absolute Gasteiger partial charge is 0.210 e. The van der Waals surface area contributed by atoms with E-state index in [-0.39, 0.29) is 0 Å². The maximum absolute atomic E-state index is 5.68. The molecule has 1 heterocycles. The van der Waals surface area contributed by atoms with E-state index in [0.29, 0.717) is 6.61 Å². The molecule has 0 fully saturated rings. The van der Waals surface area contributed by atoms with Crippen LogP contribution in [0.4, 0.5) is 10.8 Å². The van der Waals surface area contributed by atoms with Crippen LogP contribution in [0, 0.1) is 0 Å². The number of aromatic nitrogens is 2. The largest absolute Gasteiger partial charge is 0.497 e. The molecule has 0 amide bonds.